The highest BCUT2D eigenvalue weighted by molar-refractivity contribution is 5.67. The standard InChI is InChI=1S/C14H24N4O/c1-4-5-8-19-14-11(15)13(16-10-6-7-10)17-12(18-14)9(2)3/h9-10H,4-8,15H2,1-3H3,(H,16,17,18). The van der Waals surface area contributed by atoms with E-state index in [-0.39, 0.29) is 5.92 Å². The van der Waals surface area contributed by atoms with Crippen LogP contribution in [-0.4, -0.2) is 22.6 Å². The summed E-state index contributed by atoms with van der Waals surface area (Å²) in [6.45, 7) is 6.93. The number of unbranched alkanes of at least 4 members (excludes halogenated alkanes) is 1. The Morgan fingerprint density at radius 2 is 2.11 bits per heavy atom. The van der Waals surface area contributed by atoms with Gasteiger partial charge in [0.25, 0.3) is 0 Å². The molecule has 2 rings (SSSR count). The summed E-state index contributed by atoms with van der Waals surface area (Å²) in [4.78, 5) is 8.95. The number of hydrogen-bond acceptors (Lipinski definition) is 5. The van der Waals surface area contributed by atoms with Crippen molar-refractivity contribution >= 4 is 11.5 Å². The Labute approximate surface area is 115 Å². The molecule has 1 fully saturated rings. The van der Waals surface area contributed by atoms with Gasteiger partial charge in [0.05, 0.1) is 6.61 Å². The predicted molar refractivity (Wildman–Crippen MR) is 77.6 cm³/mol. The smallest absolute Gasteiger partial charge is 0.242 e. The summed E-state index contributed by atoms with van der Waals surface area (Å²) in [6, 6.07) is 0.515. The average molecular weight is 264 g/mol. The van der Waals surface area contributed by atoms with E-state index in [2.05, 4.69) is 36.1 Å². The van der Waals surface area contributed by atoms with Crippen LogP contribution in [0.4, 0.5) is 11.5 Å². The molecule has 0 bridgehead atoms. The maximum Gasteiger partial charge on any atom is 0.242 e. The van der Waals surface area contributed by atoms with E-state index in [0.29, 0.717) is 24.2 Å². The highest BCUT2D eigenvalue weighted by atomic mass is 16.5. The first-order valence-corrected chi connectivity index (χ1v) is 7.18. The van der Waals surface area contributed by atoms with Crippen LogP contribution in [0.25, 0.3) is 0 Å². The molecule has 0 atom stereocenters. The van der Waals surface area contributed by atoms with Gasteiger partial charge in [0.2, 0.25) is 5.88 Å². The summed E-state index contributed by atoms with van der Waals surface area (Å²) in [6.07, 6.45) is 4.47. The summed E-state index contributed by atoms with van der Waals surface area (Å²) in [5, 5.41) is 3.35. The van der Waals surface area contributed by atoms with Crippen molar-refractivity contribution in [1.82, 2.24) is 9.97 Å². The fourth-order valence-corrected chi connectivity index (χ4v) is 1.68. The lowest BCUT2D eigenvalue weighted by Crippen LogP contribution is -2.13. The van der Waals surface area contributed by atoms with E-state index in [1.54, 1.807) is 0 Å². The van der Waals surface area contributed by atoms with Crippen molar-refractivity contribution in [3.8, 4) is 5.88 Å². The first-order valence-electron chi connectivity index (χ1n) is 7.18. The van der Waals surface area contributed by atoms with Crippen LogP contribution in [0.2, 0.25) is 0 Å². The molecule has 0 radical (unpaired) electrons. The zero-order chi connectivity index (χ0) is 13.8. The second-order valence-corrected chi connectivity index (χ2v) is 5.42. The third-order valence-electron chi connectivity index (χ3n) is 3.10. The van der Waals surface area contributed by atoms with Gasteiger partial charge in [0.1, 0.15) is 11.5 Å². The molecular weight excluding hydrogens is 240 g/mol. The molecule has 3 N–H and O–H groups in total. The van der Waals surface area contributed by atoms with E-state index < -0.39 is 0 Å². The molecule has 0 saturated heterocycles. The molecule has 106 valence electrons. The second kappa shape index (κ2) is 6.08. The Hall–Kier alpha value is -1.52. The molecule has 1 aliphatic rings. The molecule has 1 heterocycles. The summed E-state index contributed by atoms with van der Waals surface area (Å²) in [5.41, 5.74) is 6.63. The Morgan fingerprint density at radius 3 is 2.68 bits per heavy atom. The van der Waals surface area contributed by atoms with Crippen LogP contribution >= 0.6 is 0 Å². The Bertz CT molecular complexity index is 430. The maximum atomic E-state index is 6.10. The van der Waals surface area contributed by atoms with Gasteiger partial charge in [-0.3, -0.25) is 0 Å². The summed E-state index contributed by atoms with van der Waals surface area (Å²) >= 11 is 0. The molecule has 0 aliphatic heterocycles. The van der Waals surface area contributed by atoms with Crippen molar-refractivity contribution in [1.29, 1.82) is 0 Å². The van der Waals surface area contributed by atoms with E-state index in [1.807, 2.05) is 0 Å². The predicted octanol–water partition coefficient (Wildman–Crippen LogP) is 2.94. The minimum absolute atomic E-state index is 0.258. The maximum absolute atomic E-state index is 6.10. The first kappa shape index (κ1) is 13.9. The van der Waals surface area contributed by atoms with Crippen LogP contribution < -0.4 is 15.8 Å². The number of nitrogens with zero attached hydrogens (tertiary/aromatic N) is 2. The lowest BCUT2D eigenvalue weighted by atomic mass is 10.2. The van der Waals surface area contributed by atoms with Gasteiger partial charge in [-0.05, 0) is 19.3 Å². The molecule has 0 aromatic carbocycles. The summed E-state index contributed by atoms with van der Waals surface area (Å²) in [5.74, 6) is 2.29. The normalized spacial score (nSPS) is 14.7. The molecule has 0 unspecified atom stereocenters. The molecule has 5 nitrogen and oxygen atoms in total. The monoisotopic (exact) mass is 264 g/mol. The Balaban J connectivity index is 2.20. The van der Waals surface area contributed by atoms with Crippen LogP contribution in [0.3, 0.4) is 0 Å². The number of aromatic nitrogens is 2. The van der Waals surface area contributed by atoms with Crippen molar-refractivity contribution in [2.45, 2.75) is 58.4 Å². The topological polar surface area (TPSA) is 73.1 Å². The molecular formula is C14H24N4O. The van der Waals surface area contributed by atoms with Crippen molar-refractivity contribution < 1.29 is 4.74 Å². The largest absolute Gasteiger partial charge is 0.476 e. The summed E-state index contributed by atoms with van der Waals surface area (Å²) < 4.78 is 5.69. The fourth-order valence-electron chi connectivity index (χ4n) is 1.68. The van der Waals surface area contributed by atoms with Crippen molar-refractivity contribution in [2.24, 2.45) is 0 Å². The van der Waals surface area contributed by atoms with Gasteiger partial charge in [0.15, 0.2) is 5.82 Å². The van der Waals surface area contributed by atoms with Crippen molar-refractivity contribution in [3.05, 3.63) is 5.82 Å². The van der Waals surface area contributed by atoms with Crippen molar-refractivity contribution in [3.63, 3.8) is 0 Å². The molecule has 1 aromatic rings. The highest BCUT2D eigenvalue weighted by Gasteiger charge is 2.24. The molecule has 1 aromatic heterocycles. The lowest BCUT2D eigenvalue weighted by molar-refractivity contribution is 0.298. The molecule has 0 amide bonds. The number of nitrogens with one attached hydrogen (secondary N) is 1. The van der Waals surface area contributed by atoms with Gasteiger partial charge < -0.3 is 15.8 Å². The van der Waals surface area contributed by atoms with E-state index in [0.717, 1.165) is 24.5 Å². The molecule has 5 heteroatoms. The quantitative estimate of drug-likeness (QED) is 0.741. The third-order valence-corrected chi connectivity index (χ3v) is 3.10. The number of hydrogen-bond donors (Lipinski definition) is 2. The van der Waals surface area contributed by atoms with Gasteiger partial charge >= 0.3 is 0 Å². The van der Waals surface area contributed by atoms with Crippen LogP contribution in [0.15, 0.2) is 0 Å². The minimum Gasteiger partial charge on any atom is -0.476 e. The zero-order valence-corrected chi connectivity index (χ0v) is 12.1. The fraction of sp³-hybridized carbons (Fsp3) is 0.714. The van der Waals surface area contributed by atoms with Gasteiger partial charge in [-0.1, -0.05) is 27.2 Å². The number of nitrogens with two attached hydrogens (primary N) is 1. The SMILES string of the molecule is CCCCOc1nc(C(C)C)nc(NC2CC2)c1N. The molecule has 1 aliphatic carbocycles. The molecule has 19 heavy (non-hydrogen) atoms. The van der Waals surface area contributed by atoms with E-state index >= 15 is 0 Å². The Morgan fingerprint density at radius 1 is 1.37 bits per heavy atom. The lowest BCUT2D eigenvalue weighted by Gasteiger charge is -2.15. The first-order chi connectivity index (χ1) is 9.11. The number of anilines is 2. The third kappa shape index (κ3) is 3.72. The average Bonchev–Trinajstić information content (AvgIpc) is 3.17. The van der Waals surface area contributed by atoms with Gasteiger partial charge in [-0.2, -0.15) is 4.98 Å². The zero-order valence-electron chi connectivity index (χ0n) is 12.1. The van der Waals surface area contributed by atoms with Gasteiger partial charge in [-0.15, -0.1) is 0 Å². The second-order valence-electron chi connectivity index (χ2n) is 5.42. The summed E-state index contributed by atoms with van der Waals surface area (Å²) in [7, 11) is 0. The van der Waals surface area contributed by atoms with E-state index in [9.17, 15) is 0 Å². The van der Waals surface area contributed by atoms with Crippen molar-refractivity contribution in [2.75, 3.05) is 17.7 Å². The van der Waals surface area contributed by atoms with E-state index in [1.165, 1.54) is 12.8 Å². The molecule has 1 saturated carbocycles. The van der Waals surface area contributed by atoms with Crippen LogP contribution in [0, 0.1) is 0 Å². The van der Waals surface area contributed by atoms with Gasteiger partial charge in [0, 0.05) is 12.0 Å². The number of ether oxygens (including phenoxy) is 1. The number of rotatable bonds is 7. The van der Waals surface area contributed by atoms with Gasteiger partial charge in [-0.25, -0.2) is 4.98 Å². The minimum atomic E-state index is 0.258. The van der Waals surface area contributed by atoms with Crippen LogP contribution in [0.1, 0.15) is 58.2 Å². The molecule has 0 spiro atoms. The van der Waals surface area contributed by atoms with E-state index in [4.69, 9.17) is 10.5 Å². The van der Waals surface area contributed by atoms with Crippen LogP contribution in [-0.2, 0) is 0 Å². The van der Waals surface area contributed by atoms with Crippen LogP contribution in [0.5, 0.6) is 5.88 Å². The Kier molecular flexibility index (Phi) is 4.45. The number of nitrogen functional groups attached to an aromatic ring is 1. The highest BCUT2D eigenvalue weighted by Crippen LogP contribution is 2.32.